The minimum Gasteiger partial charge on any atom is -0.494 e. The average molecular weight is 224 g/mol. The molecule has 1 aromatic rings. The van der Waals surface area contributed by atoms with Crippen LogP contribution in [0.4, 0.5) is 0 Å². The third kappa shape index (κ3) is 3.24. The Morgan fingerprint density at radius 1 is 1.50 bits per heavy atom. The highest BCUT2D eigenvalue weighted by Gasteiger charge is 2.14. The van der Waals surface area contributed by atoms with Crippen LogP contribution in [0.25, 0.3) is 0 Å². The van der Waals surface area contributed by atoms with Crippen LogP contribution >= 0.6 is 0 Å². The molecular weight excluding hydrogens is 208 g/mol. The zero-order valence-corrected chi connectivity index (χ0v) is 9.43. The highest BCUT2D eigenvalue weighted by molar-refractivity contribution is 5.67. The van der Waals surface area contributed by atoms with Crippen LogP contribution < -0.4 is 4.74 Å². The van der Waals surface area contributed by atoms with E-state index in [9.17, 15) is 9.90 Å². The van der Waals surface area contributed by atoms with Crippen molar-refractivity contribution in [2.45, 2.75) is 26.4 Å². The molecule has 0 heterocycles. The van der Waals surface area contributed by atoms with Gasteiger partial charge in [0, 0.05) is 0 Å². The van der Waals surface area contributed by atoms with E-state index >= 15 is 0 Å². The molecule has 1 aromatic carbocycles. The molecule has 0 spiro atoms. The molecule has 16 heavy (non-hydrogen) atoms. The van der Waals surface area contributed by atoms with Crippen molar-refractivity contribution in [2.24, 2.45) is 0 Å². The van der Waals surface area contributed by atoms with E-state index in [4.69, 9.17) is 9.84 Å². The van der Waals surface area contributed by atoms with Gasteiger partial charge in [0.2, 0.25) is 0 Å². The topological polar surface area (TPSA) is 66.8 Å². The Morgan fingerprint density at radius 3 is 2.69 bits per heavy atom. The summed E-state index contributed by atoms with van der Waals surface area (Å²) in [5, 5.41) is 18.3. The summed E-state index contributed by atoms with van der Waals surface area (Å²) in [6, 6.07) is 5.23. The van der Waals surface area contributed by atoms with Gasteiger partial charge in [-0.25, -0.2) is 0 Å². The van der Waals surface area contributed by atoms with Crippen LogP contribution in [0, 0.1) is 6.92 Å². The highest BCUT2D eigenvalue weighted by Crippen LogP contribution is 2.24. The van der Waals surface area contributed by atoms with Crippen molar-refractivity contribution < 1.29 is 19.7 Å². The van der Waals surface area contributed by atoms with Crippen LogP contribution in [0.1, 0.15) is 30.6 Å². The number of rotatable bonds is 5. The van der Waals surface area contributed by atoms with Gasteiger partial charge in [0.25, 0.3) is 0 Å². The third-order valence-corrected chi connectivity index (χ3v) is 2.28. The fourth-order valence-electron chi connectivity index (χ4n) is 1.55. The second kappa shape index (κ2) is 5.51. The molecule has 0 aliphatic rings. The van der Waals surface area contributed by atoms with Crippen molar-refractivity contribution in [3.63, 3.8) is 0 Å². The monoisotopic (exact) mass is 224 g/mol. The second-order valence-electron chi connectivity index (χ2n) is 3.57. The molecule has 0 fully saturated rings. The summed E-state index contributed by atoms with van der Waals surface area (Å²) in [5.41, 5.74) is 1.46. The summed E-state index contributed by atoms with van der Waals surface area (Å²) in [4.78, 5) is 10.5. The number of aliphatic carboxylic acids is 1. The molecule has 0 saturated carbocycles. The van der Waals surface area contributed by atoms with Gasteiger partial charge < -0.3 is 14.9 Å². The van der Waals surface area contributed by atoms with Gasteiger partial charge in [-0.2, -0.15) is 0 Å². The molecule has 0 amide bonds. The van der Waals surface area contributed by atoms with Gasteiger partial charge in [0.05, 0.1) is 19.1 Å². The van der Waals surface area contributed by atoms with Crippen LogP contribution in [0.2, 0.25) is 0 Å². The van der Waals surface area contributed by atoms with Crippen LogP contribution in [0.5, 0.6) is 5.75 Å². The minimum atomic E-state index is -1.01. The summed E-state index contributed by atoms with van der Waals surface area (Å²) in [6.45, 7) is 4.29. The van der Waals surface area contributed by atoms with E-state index < -0.39 is 12.1 Å². The molecule has 4 nitrogen and oxygen atoms in total. The van der Waals surface area contributed by atoms with Crippen LogP contribution in [-0.4, -0.2) is 22.8 Å². The molecule has 0 aromatic heterocycles. The number of aliphatic hydroxyl groups is 1. The quantitative estimate of drug-likeness (QED) is 0.801. The van der Waals surface area contributed by atoms with E-state index in [1.807, 2.05) is 13.8 Å². The summed E-state index contributed by atoms with van der Waals surface area (Å²) >= 11 is 0. The number of aliphatic hydroxyl groups excluding tert-OH is 1. The predicted octanol–water partition coefficient (Wildman–Crippen LogP) is 1.90. The Morgan fingerprint density at radius 2 is 2.19 bits per heavy atom. The lowest BCUT2D eigenvalue weighted by Crippen LogP contribution is -2.07. The van der Waals surface area contributed by atoms with Crippen molar-refractivity contribution in [1.29, 1.82) is 0 Å². The van der Waals surface area contributed by atoms with E-state index in [-0.39, 0.29) is 6.42 Å². The zero-order chi connectivity index (χ0) is 12.1. The standard InChI is InChI=1S/C12H16O4/c1-3-16-9-4-5-10(8(2)6-9)11(13)7-12(14)15/h4-6,11,13H,3,7H2,1-2H3,(H,14,15)/t11-/m1/s1. The summed E-state index contributed by atoms with van der Waals surface area (Å²) in [6.07, 6.45) is -1.25. The van der Waals surface area contributed by atoms with Crippen molar-refractivity contribution in [1.82, 2.24) is 0 Å². The zero-order valence-electron chi connectivity index (χ0n) is 9.43. The van der Waals surface area contributed by atoms with Crippen molar-refractivity contribution in [3.05, 3.63) is 29.3 Å². The maximum absolute atomic E-state index is 10.5. The van der Waals surface area contributed by atoms with Crippen molar-refractivity contribution >= 4 is 5.97 Å². The largest absolute Gasteiger partial charge is 0.494 e. The lowest BCUT2D eigenvalue weighted by atomic mass is 10.0. The Bertz CT molecular complexity index is 373. The average Bonchev–Trinajstić information content (AvgIpc) is 2.16. The first-order chi connectivity index (χ1) is 7.54. The fraction of sp³-hybridized carbons (Fsp3) is 0.417. The second-order valence-corrected chi connectivity index (χ2v) is 3.57. The van der Waals surface area contributed by atoms with E-state index in [0.717, 1.165) is 11.3 Å². The number of carboxylic acids is 1. The lowest BCUT2D eigenvalue weighted by molar-refractivity contribution is -0.139. The number of carboxylic acid groups (broad SMARTS) is 1. The van der Waals surface area contributed by atoms with Gasteiger partial charge in [0.1, 0.15) is 5.75 Å². The minimum absolute atomic E-state index is 0.283. The van der Waals surface area contributed by atoms with Gasteiger partial charge in [-0.1, -0.05) is 6.07 Å². The fourth-order valence-corrected chi connectivity index (χ4v) is 1.55. The Balaban J connectivity index is 2.85. The van der Waals surface area contributed by atoms with Crippen LogP contribution in [-0.2, 0) is 4.79 Å². The van der Waals surface area contributed by atoms with Crippen molar-refractivity contribution in [3.8, 4) is 5.75 Å². The number of hydrogen-bond donors (Lipinski definition) is 2. The Labute approximate surface area is 94.5 Å². The number of ether oxygens (including phenoxy) is 1. The molecule has 0 bridgehead atoms. The molecule has 0 saturated heterocycles. The van der Waals surface area contributed by atoms with E-state index in [2.05, 4.69) is 0 Å². The molecule has 0 radical (unpaired) electrons. The SMILES string of the molecule is CCOc1ccc([C@H](O)CC(=O)O)c(C)c1. The molecule has 1 rings (SSSR count). The van der Waals surface area contributed by atoms with Gasteiger partial charge in [-0.15, -0.1) is 0 Å². The smallest absolute Gasteiger partial charge is 0.306 e. The summed E-state index contributed by atoms with van der Waals surface area (Å²) in [5.74, 6) is -0.285. The van der Waals surface area contributed by atoms with E-state index in [1.165, 1.54) is 0 Å². The first kappa shape index (κ1) is 12.5. The van der Waals surface area contributed by atoms with Gasteiger partial charge >= 0.3 is 5.97 Å². The van der Waals surface area contributed by atoms with Gasteiger partial charge in [-0.3, -0.25) is 4.79 Å². The van der Waals surface area contributed by atoms with Crippen LogP contribution in [0.15, 0.2) is 18.2 Å². The Hall–Kier alpha value is -1.55. The molecule has 88 valence electrons. The first-order valence-corrected chi connectivity index (χ1v) is 5.17. The van der Waals surface area contributed by atoms with Crippen molar-refractivity contribution in [2.75, 3.05) is 6.61 Å². The maximum Gasteiger partial charge on any atom is 0.306 e. The number of benzene rings is 1. The first-order valence-electron chi connectivity index (χ1n) is 5.17. The predicted molar refractivity (Wildman–Crippen MR) is 59.6 cm³/mol. The number of hydrogen-bond acceptors (Lipinski definition) is 3. The van der Waals surface area contributed by atoms with E-state index in [0.29, 0.717) is 12.2 Å². The molecule has 1 atom stereocenters. The molecule has 0 aliphatic heterocycles. The Kier molecular flexibility index (Phi) is 4.31. The number of carbonyl (C=O) groups is 1. The molecule has 2 N–H and O–H groups in total. The lowest BCUT2D eigenvalue weighted by Gasteiger charge is -2.13. The van der Waals surface area contributed by atoms with Crippen LogP contribution in [0.3, 0.4) is 0 Å². The third-order valence-electron chi connectivity index (χ3n) is 2.28. The van der Waals surface area contributed by atoms with E-state index in [1.54, 1.807) is 18.2 Å². The summed E-state index contributed by atoms with van der Waals surface area (Å²) in [7, 11) is 0. The normalized spacial score (nSPS) is 12.2. The highest BCUT2D eigenvalue weighted by atomic mass is 16.5. The number of aryl methyl sites for hydroxylation is 1. The molecule has 0 aliphatic carbocycles. The molecule has 0 unspecified atom stereocenters. The molecular formula is C12H16O4. The molecule has 4 heteroatoms. The van der Waals surface area contributed by atoms with Gasteiger partial charge in [-0.05, 0) is 37.1 Å². The maximum atomic E-state index is 10.5. The van der Waals surface area contributed by atoms with Gasteiger partial charge in [0.15, 0.2) is 0 Å². The summed E-state index contributed by atoms with van der Waals surface area (Å²) < 4.78 is 5.30.